The van der Waals surface area contributed by atoms with Crippen LogP contribution in [0.15, 0.2) is 24.3 Å². The Labute approximate surface area is 132 Å². The van der Waals surface area contributed by atoms with Crippen LogP contribution in [0.2, 0.25) is 5.02 Å². The number of rotatable bonds is 8. The van der Waals surface area contributed by atoms with Gasteiger partial charge in [0.1, 0.15) is 0 Å². The highest BCUT2D eigenvalue weighted by Crippen LogP contribution is 2.20. The third kappa shape index (κ3) is 5.83. The molecule has 1 N–H and O–H groups in total. The molecule has 1 saturated heterocycles. The molecule has 0 aliphatic carbocycles. The van der Waals surface area contributed by atoms with Crippen molar-refractivity contribution in [3.05, 3.63) is 29.3 Å². The molecule has 118 valence electrons. The lowest BCUT2D eigenvalue weighted by Crippen LogP contribution is -2.46. The summed E-state index contributed by atoms with van der Waals surface area (Å²) in [6.45, 7) is 7.02. The summed E-state index contributed by atoms with van der Waals surface area (Å²) in [5.74, 6) is 0. The number of halogens is 1. The summed E-state index contributed by atoms with van der Waals surface area (Å²) in [7, 11) is 0. The molecular weight excluding hydrogens is 288 g/mol. The molecule has 0 aromatic heterocycles. The molecule has 1 aromatic carbocycles. The van der Waals surface area contributed by atoms with E-state index in [1.165, 1.54) is 5.69 Å². The third-order valence-corrected chi connectivity index (χ3v) is 3.99. The van der Waals surface area contributed by atoms with E-state index in [1.807, 2.05) is 18.2 Å². The number of aliphatic hydroxyl groups excluding tert-OH is 1. The smallest absolute Gasteiger partial charge is 0.0487 e. The normalized spacial score (nSPS) is 16.4. The van der Waals surface area contributed by atoms with Crippen LogP contribution >= 0.6 is 11.6 Å². The number of nitrogens with zero attached hydrogens (tertiary/aromatic N) is 2. The van der Waals surface area contributed by atoms with Gasteiger partial charge in [0, 0.05) is 63.3 Å². The van der Waals surface area contributed by atoms with Crippen molar-refractivity contribution in [2.75, 3.05) is 57.4 Å². The lowest BCUT2D eigenvalue weighted by atomic mass is 10.2. The van der Waals surface area contributed by atoms with E-state index in [0.29, 0.717) is 6.61 Å². The molecule has 1 fully saturated rings. The third-order valence-electron chi connectivity index (χ3n) is 3.76. The van der Waals surface area contributed by atoms with Crippen molar-refractivity contribution < 1.29 is 9.84 Å². The summed E-state index contributed by atoms with van der Waals surface area (Å²) < 4.78 is 5.46. The first-order valence-corrected chi connectivity index (χ1v) is 8.09. The molecule has 21 heavy (non-hydrogen) atoms. The van der Waals surface area contributed by atoms with E-state index in [1.54, 1.807) is 0 Å². The first-order valence-electron chi connectivity index (χ1n) is 7.71. The van der Waals surface area contributed by atoms with Gasteiger partial charge in [0.05, 0.1) is 0 Å². The van der Waals surface area contributed by atoms with E-state index in [9.17, 15) is 0 Å². The van der Waals surface area contributed by atoms with Gasteiger partial charge in [0.25, 0.3) is 0 Å². The Morgan fingerprint density at radius 1 is 1.10 bits per heavy atom. The number of aliphatic hydroxyl groups is 1. The maximum Gasteiger partial charge on any atom is 0.0487 e. The summed E-state index contributed by atoms with van der Waals surface area (Å²) in [5, 5.41) is 9.46. The lowest BCUT2D eigenvalue weighted by Gasteiger charge is -2.36. The SMILES string of the molecule is OCCCOCCCN1CCN(c2cccc(Cl)c2)CC1. The van der Waals surface area contributed by atoms with Gasteiger partial charge in [-0.05, 0) is 31.0 Å². The van der Waals surface area contributed by atoms with Crippen LogP contribution in [0.4, 0.5) is 5.69 Å². The second-order valence-electron chi connectivity index (χ2n) is 5.35. The Hall–Kier alpha value is -0.810. The molecule has 5 heteroatoms. The number of piperazine rings is 1. The molecule has 0 spiro atoms. The van der Waals surface area contributed by atoms with Crippen LogP contribution in [0.5, 0.6) is 0 Å². The van der Waals surface area contributed by atoms with Crippen LogP contribution in [-0.2, 0) is 4.74 Å². The molecule has 1 aliphatic rings. The second kappa shape index (κ2) is 9.26. The predicted octanol–water partition coefficient (Wildman–Crippen LogP) is 2.25. The number of ether oxygens (including phenoxy) is 1. The van der Waals surface area contributed by atoms with Gasteiger partial charge in [-0.15, -0.1) is 0 Å². The van der Waals surface area contributed by atoms with Crippen LogP contribution in [0.1, 0.15) is 12.8 Å². The average molecular weight is 313 g/mol. The molecule has 2 rings (SSSR count). The number of anilines is 1. The summed E-state index contributed by atoms with van der Waals surface area (Å²) in [6, 6.07) is 8.08. The zero-order chi connectivity index (χ0) is 14.9. The fraction of sp³-hybridized carbons (Fsp3) is 0.625. The van der Waals surface area contributed by atoms with Gasteiger partial charge in [-0.3, -0.25) is 4.90 Å². The molecule has 0 saturated carbocycles. The molecule has 1 heterocycles. The Bertz CT molecular complexity index is 409. The highest BCUT2D eigenvalue weighted by molar-refractivity contribution is 6.30. The molecule has 0 radical (unpaired) electrons. The largest absolute Gasteiger partial charge is 0.396 e. The van der Waals surface area contributed by atoms with E-state index in [0.717, 1.165) is 57.2 Å². The van der Waals surface area contributed by atoms with Gasteiger partial charge >= 0.3 is 0 Å². The minimum absolute atomic E-state index is 0.214. The zero-order valence-electron chi connectivity index (χ0n) is 12.5. The maximum atomic E-state index is 8.66. The fourth-order valence-electron chi connectivity index (χ4n) is 2.56. The number of hydrogen-bond donors (Lipinski definition) is 1. The van der Waals surface area contributed by atoms with E-state index < -0.39 is 0 Å². The summed E-state index contributed by atoms with van der Waals surface area (Å²) in [5.41, 5.74) is 1.22. The van der Waals surface area contributed by atoms with E-state index in [-0.39, 0.29) is 6.61 Å². The van der Waals surface area contributed by atoms with Crippen molar-refractivity contribution in [1.82, 2.24) is 4.90 Å². The first-order chi connectivity index (χ1) is 10.3. The van der Waals surface area contributed by atoms with Crippen LogP contribution in [0.3, 0.4) is 0 Å². The van der Waals surface area contributed by atoms with Gasteiger partial charge in [0.2, 0.25) is 0 Å². The monoisotopic (exact) mass is 312 g/mol. The van der Waals surface area contributed by atoms with Gasteiger partial charge in [-0.25, -0.2) is 0 Å². The van der Waals surface area contributed by atoms with Crippen molar-refractivity contribution in [3.63, 3.8) is 0 Å². The Balaban J connectivity index is 1.62. The average Bonchev–Trinajstić information content (AvgIpc) is 2.51. The zero-order valence-corrected chi connectivity index (χ0v) is 13.3. The Kier molecular flexibility index (Phi) is 7.30. The van der Waals surface area contributed by atoms with Crippen molar-refractivity contribution in [2.24, 2.45) is 0 Å². The van der Waals surface area contributed by atoms with E-state index in [4.69, 9.17) is 21.4 Å². The van der Waals surface area contributed by atoms with E-state index in [2.05, 4.69) is 15.9 Å². The topological polar surface area (TPSA) is 35.9 Å². The first kappa shape index (κ1) is 16.6. The van der Waals surface area contributed by atoms with Crippen LogP contribution in [-0.4, -0.2) is 62.6 Å². The number of benzene rings is 1. The van der Waals surface area contributed by atoms with Crippen LogP contribution in [0.25, 0.3) is 0 Å². The highest BCUT2D eigenvalue weighted by Gasteiger charge is 2.16. The van der Waals surface area contributed by atoms with Gasteiger partial charge in [-0.1, -0.05) is 17.7 Å². The molecule has 0 bridgehead atoms. The molecule has 0 atom stereocenters. The molecule has 1 aromatic rings. The molecular formula is C16H25ClN2O2. The van der Waals surface area contributed by atoms with Gasteiger partial charge in [-0.2, -0.15) is 0 Å². The number of hydrogen-bond acceptors (Lipinski definition) is 4. The molecule has 1 aliphatic heterocycles. The van der Waals surface area contributed by atoms with Crippen molar-refractivity contribution >= 4 is 17.3 Å². The molecule has 0 unspecified atom stereocenters. The van der Waals surface area contributed by atoms with Gasteiger partial charge in [0.15, 0.2) is 0 Å². The molecule has 0 amide bonds. The summed E-state index contributed by atoms with van der Waals surface area (Å²) in [6.07, 6.45) is 1.79. The summed E-state index contributed by atoms with van der Waals surface area (Å²) in [4.78, 5) is 4.87. The Morgan fingerprint density at radius 2 is 1.86 bits per heavy atom. The van der Waals surface area contributed by atoms with Crippen molar-refractivity contribution in [3.8, 4) is 0 Å². The van der Waals surface area contributed by atoms with Crippen LogP contribution in [0, 0.1) is 0 Å². The maximum absolute atomic E-state index is 8.66. The van der Waals surface area contributed by atoms with Gasteiger partial charge < -0.3 is 14.7 Å². The minimum Gasteiger partial charge on any atom is -0.396 e. The van der Waals surface area contributed by atoms with E-state index >= 15 is 0 Å². The standard InChI is InChI=1S/C16H25ClN2O2/c17-15-4-1-5-16(14-15)19-9-7-18(8-10-19)6-2-12-21-13-3-11-20/h1,4-5,14,20H,2-3,6-13H2. The summed E-state index contributed by atoms with van der Waals surface area (Å²) >= 11 is 6.05. The molecule has 4 nitrogen and oxygen atoms in total. The second-order valence-corrected chi connectivity index (χ2v) is 5.79. The lowest BCUT2D eigenvalue weighted by molar-refractivity contribution is 0.105. The highest BCUT2D eigenvalue weighted by atomic mass is 35.5. The predicted molar refractivity (Wildman–Crippen MR) is 87.2 cm³/mol. The fourth-order valence-corrected chi connectivity index (χ4v) is 2.75. The van der Waals surface area contributed by atoms with Crippen molar-refractivity contribution in [1.29, 1.82) is 0 Å². The van der Waals surface area contributed by atoms with Crippen LogP contribution < -0.4 is 4.90 Å². The minimum atomic E-state index is 0.214. The Morgan fingerprint density at radius 3 is 2.57 bits per heavy atom. The quantitative estimate of drug-likeness (QED) is 0.747. The van der Waals surface area contributed by atoms with Crippen molar-refractivity contribution in [2.45, 2.75) is 12.8 Å².